The van der Waals surface area contributed by atoms with E-state index in [1.807, 2.05) is 0 Å². The van der Waals surface area contributed by atoms with Crippen molar-refractivity contribution in [2.24, 2.45) is 0 Å². The lowest BCUT2D eigenvalue weighted by Crippen LogP contribution is -1.99. The molecule has 0 saturated carbocycles. The van der Waals surface area contributed by atoms with E-state index in [9.17, 15) is 0 Å². The summed E-state index contributed by atoms with van der Waals surface area (Å²) in [6.45, 7) is 1.04. The van der Waals surface area contributed by atoms with E-state index in [4.69, 9.17) is 11.2 Å². The molecule has 0 N–H and O–H groups in total. The van der Waals surface area contributed by atoms with Crippen molar-refractivity contribution in [2.75, 3.05) is 13.2 Å². The standard InChI is InChI=1S/C21H16O/c1-2-13-22-14-12-15-6-7-18-9-8-16-4-3-5-17-10-11-19(15)21(18)20(16)17/h1,3-11H,12-14H2. The largest absolute Gasteiger partial charge is 0.368 e. The molecule has 106 valence electrons. The van der Waals surface area contributed by atoms with Crippen molar-refractivity contribution in [2.45, 2.75) is 6.42 Å². The van der Waals surface area contributed by atoms with Crippen LogP contribution in [0.3, 0.4) is 0 Å². The van der Waals surface area contributed by atoms with Crippen LogP contribution in [-0.2, 0) is 11.2 Å². The van der Waals surface area contributed by atoms with Gasteiger partial charge in [0.1, 0.15) is 6.61 Å². The van der Waals surface area contributed by atoms with Crippen LogP contribution in [0, 0.1) is 12.3 Å². The van der Waals surface area contributed by atoms with Crippen molar-refractivity contribution in [1.29, 1.82) is 0 Å². The highest BCUT2D eigenvalue weighted by Gasteiger charge is 2.10. The third-order valence-electron chi connectivity index (χ3n) is 4.32. The van der Waals surface area contributed by atoms with Gasteiger partial charge < -0.3 is 4.74 Å². The molecule has 0 bridgehead atoms. The molecule has 0 aromatic heterocycles. The predicted molar refractivity (Wildman–Crippen MR) is 93.5 cm³/mol. The van der Waals surface area contributed by atoms with Crippen LogP contribution in [0.4, 0.5) is 0 Å². The van der Waals surface area contributed by atoms with Crippen LogP contribution in [-0.4, -0.2) is 13.2 Å². The van der Waals surface area contributed by atoms with Crippen molar-refractivity contribution in [3.05, 3.63) is 60.2 Å². The Morgan fingerprint density at radius 1 is 0.818 bits per heavy atom. The van der Waals surface area contributed by atoms with Crippen LogP contribution in [0.25, 0.3) is 32.3 Å². The predicted octanol–water partition coefficient (Wildman–Crippen LogP) is 4.78. The van der Waals surface area contributed by atoms with Gasteiger partial charge in [-0.25, -0.2) is 0 Å². The molecule has 0 aliphatic rings. The quantitative estimate of drug-likeness (QED) is 0.298. The van der Waals surface area contributed by atoms with E-state index >= 15 is 0 Å². The fraction of sp³-hybridized carbons (Fsp3) is 0.143. The molecule has 0 aliphatic heterocycles. The smallest absolute Gasteiger partial charge is 0.107 e. The molecule has 4 rings (SSSR count). The van der Waals surface area contributed by atoms with Gasteiger partial charge in [0.05, 0.1) is 6.61 Å². The summed E-state index contributed by atoms with van der Waals surface area (Å²) >= 11 is 0. The normalized spacial score (nSPS) is 11.4. The summed E-state index contributed by atoms with van der Waals surface area (Å²) in [5, 5.41) is 7.96. The zero-order valence-corrected chi connectivity index (χ0v) is 12.3. The SMILES string of the molecule is C#CCOCCc1ccc2ccc3cccc4ccc1c2c34. The summed E-state index contributed by atoms with van der Waals surface area (Å²) in [5.74, 6) is 2.51. The van der Waals surface area contributed by atoms with Gasteiger partial charge in [0.25, 0.3) is 0 Å². The third-order valence-corrected chi connectivity index (χ3v) is 4.32. The van der Waals surface area contributed by atoms with Crippen LogP contribution in [0.2, 0.25) is 0 Å². The van der Waals surface area contributed by atoms with Gasteiger partial charge in [-0.05, 0) is 44.3 Å². The highest BCUT2D eigenvalue weighted by molar-refractivity contribution is 6.23. The van der Waals surface area contributed by atoms with E-state index in [1.54, 1.807) is 0 Å². The van der Waals surface area contributed by atoms with Crippen LogP contribution in [0.1, 0.15) is 5.56 Å². The minimum absolute atomic E-state index is 0.381. The van der Waals surface area contributed by atoms with E-state index < -0.39 is 0 Å². The molecule has 22 heavy (non-hydrogen) atoms. The van der Waals surface area contributed by atoms with Crippen LogP contribution in [0.5, 0.6) is 0 Å². The van der Waals surface area contributed by atoms with Crippen molar-refractivity contribution in [3.63, 3.8) is 0 Å². The molecule has 0 radical (unpaired) electrons. The molecule has 1 heteroatoms. The van der Waals surface area contributed by atoms with Gasteiger partial charge in [-0.15, -0.1) is 6.42 Å². The first-order chi connectivity index (χ1) is 10.9. The Labute approximate surface area is 129 Å². The summed E-state index contributed by atoms with van der Waals surface area (Å²) in [6.07, 6.45) is 6.11. The van der Waals surface area contributed by atoms with Gasteiger partial charge >= 0.3 is 0 Å². The number of rotatable bonds is 4. The van der Waals surface area contributed by atoms with Gasteiger partial charge in [0.15, 0.2) is 0 Å². The number of ether oxygens (including phenoxy) is 1. The van der Waals surface area contributed by atoms with Gasteiger partial charge in [0.2, 0.25) is 0 Å². The summed E-state index contributed by atoms with van der Waals surface area (Å²) in [7, 11) is 0. The molecule has 0 spiro atoms. The second-order valence-electron chi connectivity index (χ2n) is 5.59. The average Bonchev–Trinajstić information content (AvgIpc) is 2.57. The molecular weight excluding hydrogens is 268 g/mol. The van der Waals surface area contributed by atoms with Crippen LogP contribution < -0.4 is 0 Å². The number of benzene rings is 4. The summed E-state index contributed by atoms with van der Waals surface area (Å²) in [5.41, 5.74) is 1.32. The van der Waals surface area contributed by atoms with Crippen molar-refractivity contribution < 1.29 is 4.74 Å². The molecule has 0 aliphatic carbocycles. The Bertz CT molecular complexity index is 975. The topological polar surface area (TPSA) is 9.23 Å². The minimum atomic E-state index is 0.381. The third kappa shape index (κ3) is 2.01. The zero-order valence-electron chi connectivity index (χ0n) is 12.3. The maximum absolute atomic E-state index is 5.44. The fourth-order valence-electron chi connectivity index (χ4n) is 3.33. The second-order valence-corrected chi connectivity index (χ2v) is 5.59. The maximum Gasteiger partial charge on any atom is 0.107 e. The summed E-state index contributed by atoms with van der Waals surface area (Å²) < 4.78 is 5.44. The Kier molecular flexibility index (Phi) is 3.18. The maximum atomic E-state index is 5.44. The van der Waals surface area contributed by atoms with Gasteiger partial charge in [-0.1, -0.05) is 60.5 Å². The van der Waals surface area contributed by atoms with E-state index in [2.05, 4.69) is 60.5 Å². The zero-order chi connectivity index (χ0) is 14.9. The monoisotopic (exact) mass is 284 g/mol. The highest BCUT2D eigenvalue weighted by atomic mass is 16.5. The molecule has 0 atom stereocenters. The molecule has 0 fully saturated rings. The molecule has 4 aromatic carbocycles. The molecule has 0 heterocycles. The lowest BCUT2D eigenvalue weighted by atomic mass is 9.91. The van der Waals surface area contributed by atoms with E-state index in [-0.39, 0.29) is 0 Å². The second kappa shape index (κ2) is 5.33. The van der Waals surface area contributed by atoms with Crippen molar-refractivity contribution in [3.8, 4) is 12.3 Å². The molecule has 0 unspecified atom stereocenters. The Hall–Kier alpha value is -2.56. The Morgan fingerprint density at radius 3 is 2.27 bits per heavy atom. The number of terminal acetylenes is 1. The fourth-order valence-corrected chi connectivity index (χ4v) is 3.33. The first-order valence-corrected chi connectivity index (χ1v) is 7.55. The molecule has 4 aromatic rings. The van der Waals surface area contributed by atoms with Gasteiger partial charge in [-0.2, -0.15) is 0 Å². The molecule has 1 nitrogen and oxygen atoms in total. The number of hydrogen-bond donors (Lipinski definition) is 0. The van der Waals surface area contributed by atoms with E-state index in [0.29, 0.717) is 13.2 Å². The Balaban J connectivity index is 1.91. The van der Waals surface area contributed by atoms with Gasteiger partial charge in [0, 0.05) is 0 Å². The summed E-state index contributed by atoms with van der Waals surface area (Å²) in [6, 6.07) is 19.8. The molecular formula is C21H16O. The average molecular weight is 284 g/mol. The molecule has 0 amide bonds. The van der Waals surface area contributed by atoms with Crippen molar-refractivity contribution >= 4 is 32.3 Å². The first kappa shape index (κ1) is 13.1. The van der Waals surface area contributed by atoms with E-state index in [1.165, 1.54) is 37.9 Å². The van der Waals surface area contributed by atoms with Crippen LogP contribution in [0.15, 0.2) is 54.6 Å². The van der Waals surface area contributed by atoms with Gasteiger partial charge in [-0.3, -0.25) is 0 Å². The Morgan fingerprint density at radius 2 is 1.50 bits per heavy atom. The lowest BCUT2D eigenvalue weighted by Gasteiger charge is -2.13. The van der Waals surface area contributed by atoms with E-state index in [0.717, 1.165) is 6.42 Å². The van der Waals surface area contributed by atoms with Crippen LogP contribution >= 0.6 is 0 Å². The molecule has 0 saturated heterocycles. The summed E-state index contributed by atoms with van der Waals surface area (Å²) in [4.78, 5) is 0. The number of hydrogen-bond acceptors (Lipinski definition) is 1. The minimum Gasteiger partial charge on any atom is -0.368 e. The lowest BCUT2D eigenvalue weighted by molar-refractivity contribution is 0.171. The highest BCUT2D eigenvalue weighted by Crippen LogP contribution is 2.35. The van der Waals surface area contributed by atoms with Crippen molar-refractivity contribution in [1.82, 2.24) is 0 Å². The first-order valence-electron chi connectivity index (χ1n) is 7.55.